The van der Waals surface area contributed by atoms with E-state index < -0.39 is 0 Å². The molecule has 2 nitrogen and oxygen atoms in total. The number of ether oxygens (including phenoxy) is 1. The number of benzene rings is 1. The number of hydrogen-bond donors (Lipinski definition) is 0. The van der Waals surface area contributed by atoms with Crippen LogP contribution in [0.25, 0.3) is 0 Å². The summed E-state index contributed by atoms with van der Waals surface area (Å²) in [7, 11) is 1.54. The first-order valence-electron chi connectivity index (χ1n) is 5.88. The van der Waals surface area contributed by atoms with Crippen LogP contribution in [0.1, 0.15) is 19.4 Å². The second-order valence-electron chi connectivity index (χ2n) is 3.13. The van der Waals surface area contributed by atoms with Crippen molar-refractivity contribution < 1.29 is 9.13 Å². The molecule has 1 rings (SSSR count). The molecule has 0 saturated carbocycles. The monoisotopic (exact) mass is 249 g/mol. The van der Waals surface area contributed by atoms with E-state index in [1.165, 1.54) is 19.2 Å². The van der Waals surface area contributed by atoms with Gasteiger partial charge in [0.15, 0.2) is 0 Å². The Morgan fingerprint density at radius 1 is 1.33 bits per heavy atom. The van der Waals surface area contributed by atoms with Gasteiger partial charge in [0.1, 0.15) is 5.82 Å². The van der Waals surface area contributed by atoms with Crippen LogP contribution in [0.4, 0.5) is 4.39 Å². The fourth-order valence-corrected chi connectivity index (χ4v) is 1.16. The van der Waals surface area contributed by atoms with Crippen LogP contribution in [0.5, 0.6) is 0 Å². The van der Waals surface area contributed by atoms with Gasteiger partial charge in [-0.1, -0.05) is 38.1 Å². The van der Waals surface area contributed by atoms with Crippen molar-refractivity contribution in [3.05, 3.63) is 59.8 Å². The molecule has 98 valence electrons. The Balaban J connectivity index is 0.00000137. The first-order chi connectivity index (χ1) is 8.76. The van der Waals surface area contributed by atoms with E-state index in [0.29, 0.717) is 5.88 Å². The highest BCUT2D eigenvalue weighted by Gasteiger charge is 1.90. The normalized spacial score (nSPS) is 10.8. The highest BCUT2D eigenvalue weighted by Crippen LogP contribution is 2.04. The van der Waals surface area contributed by atoms with Crippen molar-refractivity contribution in [3.8, 4) is 0 Å². The minimum absolute atomic E-state index is 0.217. The van der Waals surface area contributed by atoms with E-state index in [2.05, 4.69) is 11.7 Å². The molecule has 0 aliphatic heterocycles. The molecule has 1 aromatic carbocycles. The zero-order valence-corrected chi connectivity index (χ0v) is 11.2. The lowest BCUT2D eigenvalue weighted by atomic mass is 10.1. The maximum Gasteiger partial charge on any atom is 0.212 e. The lowest BCUT2D eigenvalue weighted by Gasteiger charge is -1.96. The molecule has 0 unspecified atom stereocenters. The van der Waals surface area contributed by atoms with Crippen molar-refractivity contribution in [1.82, 2.24) is 0 Å². The molecule has 0 aromatic heterocycles. The van der Waals surface area contributed by atoms with Gasteiger partial charge < -0.3 is 4.74 Å². The Kier molecular flexibility index (Phi) is 9.18. The number of methoxy groups -OCH3 is 1. The minimum Gasteiger partial charge on any atom is -0.481 e. The standard InChI is InChI=1S/C13H14FNO.C2H6/c1-15-13(16-2)6-4-3-5-11-7-9-12(14)10-8-11;1-2/h3-4,6-10H,1,5H2,2H3;1-2H3/b4-3-,13-6+;. The Bertz CT molecular complexity index is 393. The fourth-order valence-electron chi connectivity index (χ4n) is 1.16. The van der Waals surface area contributed by atoms with Crippen molar-refractivity contribution in [3.63, 3.8) is 0 Å². The predicted octanol–water partition coefficient (Wildman–Crippen LogP) is 4.14. The van der Waals surface area contributed by atoms with Gasteiger partial charge in [0.25, 0.3) is 0 Å². The Labute approximate surface area is 109 Å². The lowest BCUT2D eigenvalue weighted by Crippen LogP contribution is -1.82. The van der Waals surface area contributed by atoms with Gasteiger partial charge in [-0.2, -0.15) is 0 Å². The van der Waals surface area contributed by atoms with Gasteiger partial charge >= 0.3 is 0 Å². The molecular formula is C15H20FNO. The third-order valence-corrected chi connectivity index (χ3v) is 2.01. The summed E-state index contributed by atoms with van der Waals surface area (Å²) in [5.41, 5.74) is 1.05. The van der Waals surface area contributed by atoms with Crippen molar-refractivity contribution in [2.45, 2.75) is 20.3 Å². The average Bonchev–Trinajstić information content (AvgIpc) is 2.43. The Morgan fingerprint density at radius 2 is 1.94 bits per heavy atom. The number of aliphatic imine (C=N–C) groups is 1. The summed E-state index contributed by atoms with van der Waals surface area (Å²) >= 11 is 0. The number of halogens is 1. The van der Waals surface area contributed by atoms with E-state index in [-0.39, 0.29) is 5.82 Å². The second-order valence-corrected chi connectivity index (χ2v) is 3.13. The highest BCUT2D eigenvalue weighted by atomic mass is 19.1. The third-order valence-electron chi connectivity index (χ3n) is 2.01. The van der Waals surface area contributed by atoms with Crippen LogP contribution in [0.3, 0.4) is 0 Å². The number of allylic oxidation sites excluding steroid dienone is 3. The SMILES string of the molecule is C=N/C(=C\C=C/Cc1ccc(F)cc1)OC.CC. The molecule has 0 spiro atoms. The molecule has 0 saturated heterocycles. The van der Waals surface area contributed by atoms with E-state index in [9.17, 15) is 4.39 Å². The summed E-state index contributed by atoms with van der Waals surface area (Å²) in [5.74, 6) is 0.250. The predicted molar refractivity (Wildman–Crippen MR) is 75.2 cm³/mol. The van der Waals surface area contributed by atoms with Crippen LogP contribution in [-0.2, 0) is 11.2 Å². The van der Waals surface area contributed by atoms with Crippen molar-refractivity contribution in [1.29, 1.82) is 0 Å². The summed E-state index contributed by atoms with van der Waals surface area (Å²) in [6.45, 7) is 7.36. The molecule has 3 heteroatoms. The molecular weight excluding hydrogens is 229 g/mol. The smallest absolute Gasteiger partial charge is 0.212 e. The third kappa shape index (κ3) is 6.63. The van der Waals surface area contributed by atoms with Crippen LogP contribution in [0.2, 0.25) is 0 Å². The zero-order valence-electron chi connectivity index (χ0n) is 11.2. The van der Waals surface area contributed by atoms with Crippen LogP contribution in [0.15, 0.2) is 53.4 Å². The van der Waals surface area contributed by atoms with Gasteiger partial charge in [-0.25, -0.2) is 9.38 Å². The molecule has 1 aromatic rings. The molecule has 0 atom stereocenters. The highest BCUT2D eigenvalue weighted by molar-refractivity contribution is 5.28. The number of rotatable bonds is 5. The average molecular weight is 249 g/mol. The van der Waals surface area contributed by atoms with Gasteiger partial charge in [-0.15, -0.1) is 0 Å². The Morgan fingerprint density at radius 3 is 2.44 bits per heavy atom. The molecule has 0 fully saturated rings. The lowest BCUT2D eigenvalue weighted by molar-refractivity contribution is 0.289. The minimum atomic E-state index is -0.217. The summed E-state index contributed by atoms with van der Waals surface area (Å²) in [6, 6.07) is 6.41. The molecule has 0 amide bonds. The molecule has 0 heterocycles. The van der Waals surface area contributed by atoms with Crippen LogP contribution in [0, 0.1) is 5.82 Å². The number of nitrogens with zero attached hydrogens (tertiary/aromatic N) is 1. The topological polar surface area (TPSA) is 21.6 Å². The van der Waals surface area contributed by atoms with E-state index >= 15 is 0 Å². The van der Waals surface area contributed by atoms with E-state index in [1.807, 2.05) is 26.0 Å². The maximum absolute atomic E-state index is 12.6. The zero-order chi connectivity index (χ0) is 13.8. The fraction of sp³-hybridized carbons (Fsp3) is 0.267. The molecule has 18 heavy (non-hydrogen) atoms. The van der Waals surface area contributed by atoms with Crippen LogP contribution in [-0.4, -0.2) is 13.8 Å². The molecule has 0 aliphatic carbocycles. The van der Waals surface area contributed by atoms with Gasteiger partial charge in [0.2, 0.25) is 5.88 Å². The van der Waals surface area contributed by atoms with Gasteiger partial charge in [0.05, 0.1) is 7.11 Å². The second kappa shape index (κ2) is 10.3. The first-order valence-corrected chi connectivity index (χ1v) is 5.88. The van der Waals surface area contributed by atoms with Crippen molar-refractivity contribution in [2.75, 3.05) is 7.11 Å². The van der Waals surface area contributed by atoms with Crippen molar-refractivity contribution in [2.24, 2.45) is 4.99 Å². The molecule has 0 aliphatic rings. The summed E-state index contributed by atoms with van der Waals surface area (Å²) in [4.78, 5) is 3.65. The van der Waals surface area contributed by atoms with Gasteiger partial charge in [0, 0.05) is 0 Å². The van der Waals surface area contributed by atoms with Crippen LogP contribution < -0.4 is 0 Å². The van der Waals surface area contributed by atoms with E-state index in [1.54, 1.807) is 18.2 Å². The van der Waals surface area contributed by atoms with Gasteiger partial charge in [-0.3, -0.25) is 0 Å². The summed E-state index contributed by atoms with van der Waals surface area (Å²) in [5, 5.41) is 0. The summed E-state index contributed by atoms with van der Waals surface area (Å²) < 4.78 is 17.5. The largest absolute Gasteiger partial charge is 0.481 e. The van der Waals surface area contributed by atoms with Crippen LogP contribution >= 0.6 is 0 Å². The van der Waals surface area contributed by atoms with E-state index in [0.717, 1.165) is 12.0 Å². The quantitative estimate of drug-likeness (QED) is 0.436. The van der Waals surface area contributed by atoms with E-state index in [4.69, 9.17) is 4.74 Å². The molecule has 0 N–H and O–H groups in total. The van der Waals surface area contributed by atoms with Gasteiger partial charge in [-0.05, 0) is 36.9 Å². The maximum atomic E-state index is 12.6. The molecule has 0 radical (unpaired) electrons. The van der Waals surface area contributed by atoms with Crippen molar-refractivity contribution >= 4 is 6.72 Å². The first kappa shape index (κ1) is 16.1. The number of hydrogen-bond acceptors (Lipinski definition) is 2. The Hall–Kier alpha value is -1.90. The summed E-state index contributed by atoms with van der Waals surface area (Å²) in [6.07, 6.45) is 6.23. The molecule has 0 bridgehead atoms.